The first-order chi connectivity index (χ1) is 11.4. The van der Waals surface area contributed by atoms with E-state index in [4.69, 9.17) is 4.74 Å². The molecule has 0 aromatic carbocycles. The Kier molecular flexibility index (Phi) is 12.6. The molecule has 10 heteroatoms. The van der Waals surface area contributed by atoms with Crippen molar-refractivity contribution in [3.63, 3.8) is 0 Å². The molecule has 1 aromatic heterocycles. The Balaban J connectivity index is 0.00000576. The fourth-order valence-corrected chi connectivity index (χ4v) is 4.24. The molecule has 0 aliphatic heterocycles. The van der Waals surface area contributed by atoms with E-state index < -0.39 is 10.0 Å². The van der Waals surface area contributed by atoms with Gasteiger partial charge in [0.1, 0.15) is 4.21 Å². The maximum atomic E-state index is 12.1. The highest BCUT2D eigenvalue weighted by Crippen LogP contribution is 2.24. The highest BCUT2D eigenvalue weighted by molar-refractivity contribution is 14.0. The molecule has 7 nitrogen and oxygen atoms in total. The normalized spacial score (nSPS) is 12.1. The quantitative estimate of drug-likeness (QED) is 0.221. The average molecular weight is 504 g/mol. The topological polar surface area (TPSA) is 83.0 Å². The monoisotopic (exact) mass is 504 g/mol. The summed E-state index contributed by atoms with van der Waals surface area (Å²) in [5.74, 6) is 0.722. The van der Waals surface area contributed by atoms with Gasteiger partial charge in [0.25, 0.3) is 10.0 Å². The number of hydrogen-bond donors (Lipinski definition) is 2. The highest BCUT2D eigenvalue weighted by atomic mass is 127. The summed E-state index contributed by atoms with van der Waals surface area (Å²) in [5, 5.41) is 6.42. The molecule has 0 spiro atoms. The van der Waals surface area contributed by atoms with Crippen molar-refractivity contribution < 1.29 is 13.2 Å². The molecule has 0 bridgehead atoms. The van der Waals surface area contributed by atoms with Crippen LogP contribution in [-0.4, -0.2) is 59.1 Å². The van der Waals surface area contributed by atoms with Crippen molar-refractivity contribution in [2.24, 2.45) is 4.99 Å². The zero-order valence-corrected chi connectivity index (χ0v) is 19.2. The minimum Gasteiger partial charge on any atom is -0.382 e. The Labute approximate surface area is 172 Å². The van der Waals surface area contributed by atoms with Crippen LogP contribution in [0.4, 0.5) is 0 Å². The molecule has 0 saturated heterocycles. The first kappa shape index (κ1) is 24.6. The van der Waals surface area contributed by atoms with Gasteiger partial charge < -0.3 is 15.4 Å². The van der Waals surface area contributed by atoms with Crippen LogP contribution in [0.5, 0.6) is 0 Å². The van der Waals surface area contributed by atoms with Gasteiger partial charge in [-0.2, -0.15) is 0 Å². The van der Waals surface area contributed by atoms with Gasteiger partial charge in [0.2, 0.25) is 0 Å². The van der Waals surface area contributed by atoms with Gasteiger partial charge in [-0.1, -0.05) is 0 Å². The molecule has 0 amide bonds. The van der Waals surface area contributed by atoms with Crippen LogP contribution < -0.4 is 10.6 Å². The van der Waals surface area contributed by atoms with Crippen molar-refractivity contribution in [1.29, 1.82) is 0 Å². The van der Waals surface area contributed by atoms with E-state index in [2.05, 4.69) is 15.6 Å². The van der Waals surface area contributed by atoms with E-state index >= 15 is 0 Å². The van der Waals surface area contributed by atoms with Crippen LogP contribution >= 0.6 is 35.3 Å². The second-order valence-electron chi connectivity index (χ2n) is 5.18. The van der Waals surface area contributed by atoms with E-state index in [9.17, 15) is 8.42 Å². The molecule has 1 aromatic rings. The van der Waals surface area contributed by atoms with Crippen molar-refractivity contribution in [2.45, 2.75) is 31.0 Å². The van der Waals surface area contributed by atoms with E-state index in [1.54, 1.807) is 6.07 Å². The van der Waals surface area contributed by atoms with Crippen molar-refractivity contribution in [1.82, 2.24) is 14.9 Å². The number of rotatable bonds is 10. The molecule has 0 radical (unpaired) electrons. The van der Waals surface area contributed by atoms with Gasteiger partial charge in [-0.15, -0.1) is 35.3 Å². The molecular formula is C15H29IN4O3S2. The minimum absolute atomic E-state index is 0. The molecule has 1 rings (SSSR count). The summed E-state index contributed by atoms with van der Waals surface area (Å²) in [6.45, 7) is 7.41. The maximum Gasteiger partial charge on any atom is 0.252 e. The highest BCUT2D eigenvalue weighted by Gasteiger charge is 2.19. The van der Waals surface area contributed by atoms with Gasteiger partial charge >= 0.3 is 0 Å². The van der Waals surface area contributed by atoms with Crippen LogP contribution in [-0.2, 0) is 21.3 Å². The minimum atomic E-state index is -3.37. The number of halogens is 1. The third kappa shape index (κ3) is 8.67. The van der Waals surface area contributed by atoms with Gasteiger partial charge in [-0.3, -0.25) is 0 Å². The second kappa shape index (κ2) is 12.8. The lowest BCUT2D eigenvalue weighted by Gasteiger charge is -2.11. The number of nitrogens with zero attached hydrogens (tertiary/aromatic N) is 2. The average Bonchev–Trinajstić information content (AvgIpc) is 3.01. The van der Waals surface area contributed by atoms with Crippen molar-refractivity contribution in [2.75, 3.05) is 40.4 Å². The maximum absolute atomic E-state index is 12.1. The Morgan fingerprint density at radius 1 is 1.28 bits per heavy atom. The van der Waals surface area contributed by atoms with Crippen LogP contribution in [0.3, 0.4) is 0 Å². The first-order valence-corrected chi connectivity index (χ1v) is 10.3. The summed E-state index contributed by atoms with van der Waals surface area (Å²) in [6, 6.07) is 3.44. The molecule has 0 aliphatic rings. The van der Waals surface area contributed by atoms with Gasteiger partial charge in [0.15, 0.2) is 5.96 Å². The smallest absolute Gasteiger partial charge is 0.252 e. The zero-order chi connectivity index (χ0) is 18.0. The van der Waals surface area contributed by atoms with Crippen LogP contribution in [0.25, 0.3) is 0 Å². The summed E-state index contributed by atoms with van der Waals surface area (Å²) in [6.07, 6.45) is 0.905. The molecule has 0 aliphatic carbocycles. The number of nitrogens with one attached hydrogen (secondary N) is 2. The lowest BCUT2D eigenvalue weighted by atomic mass is 10.4. The Morgan fingerprint density at radius 3 is 2.60 bits per heavy atom. The predicted molar refractivity (Wildman–Crippen MR) is 115 cm³/mol. The van der Waals surface area contributed by atoms with Crippen LogP contribution in [0.1, 0.15) is 25.1 Å². The molecular weight excluding hydrogens is 475 g/mol. The van der Waals surface area contributed by atoms with E-state index in [1.807, 2.05) is 19.9 Å². The van der Waals surface area contributed by atoms with Crippen molar-refractivity contribution in [3.05, 3.63) is 17.0 Å². The van der Waals surface area contributed by atoms with Crippen molar-refractivity contribution >= 4 is 51.3 Å². The molecule has 0 atom stereocenters. The Morgan fingerprint density at radius 2 is 2.00 bits per heavy atom. The summed E-state index contributed by atoms with van der Waals surface area (Å²) in [7, 11) is -0.310. The largest absolute Gasteiger partial charge is 0.382 e. The zero-order valence-electron chi connectivity index (χ0n) is 15.2. The number of thiophene rings is 1. The first-order valence-electron chi connectivity index (χ1n) is 8.03. The fourth-order valence-electron chi connectivity index (χ4n) is 1.79. The summed E-state index contributed by atoms with van der Waals surface area (Å²) < 4.78 is 31.0. The van der Waals surface area contributed by atoms with Gasteiger partial charge in [-0.05, 0) is 32.4 Å². The SMILES string of the molecule is CCNC(=NCc1ccc(S(=O)(=O)N(C)C)s1)NCCCOCC.I. The molecule has 1 heterocycles. The molecule has 0 unspecified atom stereocenters. The number of hydrogen-bond acceptors (Lipinski definition) is 5. The summed E-state index contributed by atoms with van der Waals surface area (Å²) >= 11 is 1.25. The molecule has 2 N–H and O–H groups in total. The second-order valence-corrected chi connectivity index (χ2v) is 8.73. The van der Waals surface area contributed by atoms with Crippen LogP contribution in [0.2, 0.25) is 0 Å². The third-order valence-electron chi connectivity index (χ3n) is 3.07. The molecule has 146 valence electrons. The molecule has 0 fully saturated rings. The van der Waals surface area contributed by atoms with Crippen LogP contribution in [0.15, 0.2) is 21.3 Å². The van der Waals surface area contributed by atoms with E-state index in [0.29, 0.717) is 10.8 Å². The third-order valence-corrected chi connectivity index (χ3v) is 6.42. The van der Waals surface area contributed by atoms with Crippen LogP contribution in [0, 0.1) is 0 Å². The van der Waals surface area contributed by atoms with E-state index in [-0.39, 0.29) is 24.0 Å². The lowest BCUT2D eigenvalue weighted by Crippen LogP contribution is -2.38. The fraction of sp³-hybridized carbons (Fsp3) is 0.667. The number of aliphatic imine (C=N–C) groups is 1. The summed E-state index contributed by atoms with van der Waals surface area (Å²) in [5.41, 5.74) is 0. The molecule has 0 saturated carbocycles. The Hall–Kier alpha value is -0.430. The van der Waals surface area contributed by atoms with Gasteiger partial charge in [0.05, 0.1) is 6.54 Å². The lowest BCUT2D eigenvalue weighted by molar-refractivity contribution is 0.145. The number of sulfonamides is 1. The Bertz CT molecular complexity index is 618. The number of guanidine groups is 1. The van der Waals surface area contributed by atoms with Crippen molar-refractivity contribution in [3.8, 4) is 0 Å². The van der Waals surface area contributed by atoms with E-state index in [1.165, 1.54) is 29.7 Å². The van der Waals surface area contributed by atoms with E-state index in [0.717, 1.165) is 43.6 Å². The molecule has 25 heavy (non-hydrogen) atoms. The van der Waals surface area contributed by atoms with Gasteiger partial charge in [-0.25, -0.2) is 17.7 Å². The summed E-state index contributed by atoms with van der Waals surface area (Å²) in [4.78, 5) is 5.40. The van der Waals surface area contributed by atoms with Gasteiger partial charge in [0, 0.05) is 45.3 Å². The predicted octanol–water partition coefficient (Wildman–Crippen LogP) is 2.10. The number of ether oxygens (including phenoxy) is 1. The standard InChI is InChI=1S/C15H28N4O3S2.HI/c1-5-16-15(17-10-7-11-22-6-2)18-12-13-8-9-14(23-13)24(20,21)19(3)4;/h8-9H,5-7,10-12H2,1-4H3,(H2,16,17,18);1H.